The molecule has 220 valence electrons. The molecule has 5 aromatic rings. The predicted octanol–water partition coefficient (Wildman–Crippen LogP) is 6.75. The summed E-state index contributed by atoms with van der Waals surface area (Å²) in [6, 6.07) is 19.6. The number of anilines is 1. The van der Waals surface area contributed by atoms with Crippen molar-refractivity contribution in [2.45, 2.75) is 52.3 Å². The number of hydrogen-bond acceptors (Lipinski definition) is 6. The third-order valence-corrected chi connectivity index (χ3v) is 7.87. The number of carbonyl (C=O) groups excluding carboxylic acids is 1. The summed E-state index contributed by atoms with van der Waals surface area (Å²) in [5, 5.41) is 15.8. The van der Waals surface area contributed by atoms with Crippen LogP contribution in [0.15, 0.2) is 79.3 Å². The van der Waals surface area contributed by atoms with E-state index in [9.17, 15) is 14.7 Å². The predicted molar refractivity (Wildman–Crippen MR) is 168 cm³/mol. The minimum Gasteiger partial charge on any atom is -0.478 e. The number of ether oxygens (including phenoxy) is 1. The van der Waals surface area contributed by atoms with Gasteiger partial charge in [0.05, 0.1) is 11.8 Å². The van der Waals surface area contributed by atoms with Gasteiger partial charge in [-0.05, 0) is 74.7 Å². The Balaban J connectivity index is 1.24. The van der Waals surface area contributed by atoms with E-state index in [1.54, 1.807) is 27.7 Å². The second-order valence-electron chi connectivity index (χ2n) is 12.2. The van der Waals surface area contributed by atoms with E-state index in [0.717, 1.165) is 33.3 Å². The van der Waals surface area contributed by atoms with Crippen LogP contribution in [0.1, 0.15) is 45.0 Å². The number of carboxylic acids is 1. The van der Waals surface area contributed by atoms with Crippen LogP contribution in [0.3, 0.4) is 0 Å². The molecule has 0 spiro atoms. The monoisotopic (exact) mass is 577 g/mol. The Morgan fingerprint density at radius 1 is 0.860 bits per heavy atom. The Bertz CT molecular complexity index is 1830. The third kappa shape index (κ3) is 5.38. The van der Waals surface area contributed by atoms with E-state index in [2.05, 4.69) is 48.1 Å². The lowest BCUT2D eigenvalue weighted by atomic mass is 9.97. The van der Waals surface area contributed by atoms with Gasteiger partial charge in [0.15, 0.2) is 5.65 Å². The van der Waals surface area contributed by atoms with E-state index in [1.165, 1.54) is 0 Å². The average molecular weight is 578 g/mol. The van der Waals surface area contributed by atoms with Gasteiger partial charge in [-0.3, -0.25) is 0 Å². The van der Waals surface area contributed by atoms with E-state index in [-0.39, 0.29) is 23.7 Å². The fraction of sp³-hybridized carbons (Fsp3) is 0.294. The number of piperazine rings is 1. The van der Waals surface area contributed by atoms with Crippen molar-refractivity contribution in [1.29, 1.82) is 0 Å². The molecule has 0 bridgehead atoms. The standard InChI is InChI=1S/C34H35N5O4/c1-21-18-37(33(42)43-34(3,4)5)19-22(2)39(21)25-14-12-23(13-15-25)24-16-35-31-30(17-36-38(31)20-24)28-10-6-9-27-26(28)8-7-11-29(27)32(40)41/h6-17,20-22H,18-19H2,1-5H3,(H,40,41)/t21-,22+. The van der Waals surface area contributed by atoms with Gasteiger partial charge < -0.3 is 19.6 Å². The topological polar surface area (TPSA) is 100 Å². The van der Waals surface area contributed by atoms with Crippen LogP contribution < -0.4 is 4.90 Å². The zero-order chi connectivity index (χ0) is 30.5. The fourth-order valence-corrected chi connectivity index (χ4v) is 6.08. The lowest BCUT2D eigenvalue weighted by molar-refractivity contribution is 0.0192. The molecule has 0 unspecified atom stereocenters. The molecule has 0 radical (unpaired) electrons. The number of fused-ring (bicyclic) bond motifs is 2. The van der Waals surface area contributed by atoms with Crippen LogP contribution >= 0.6 is 0 Å². The minimum absolute atomic E-state index is 0.128. The van der Waals surface area contributed by atoms with Crippen molar-refractivity contribution in [1.82, 2.24) is 19.5 Å². The molecular formula is C34H35N5O4. The first-order valence-corrected chi connectivity index (χ1v) is 14.5. The van der Waals surface area contributed by atoms with E-state index in [1.807, 2.05) is 57.4 Å². The Labute approximate surface area is 250 Å². The van der Waals surface area contributed by atoms with E-state index in [0.29, 0.717) is 24.1 Å². The second-order valence-corrected chi connectivity index (χ2v) is 12.2. The molecule has 43 heavy (non-hydrogen) atoms. The largest absolute Gasteiger partial charge is 0.478 e. The summed E-state index contributed by atoms with van der Waals surface area (Å²) in [7, 11) is 0. The molecular weight excluding hydrogens is 542 g/mol. The van der Waals surface area contributed by atoms with Gasteiger partial charge in [-0.1, -0.05) is 42.5 Å². The highest BCUT2D eigenvalue weighted by Gasteiger charge is 2.34. The zero-order valence-corrected chi connectivity index (χ0v) is 25.0. The summed E-state index contributed by atoms with van der Waals surface area (Å²) >= 11 is 0. The van der Waals surface area contributed by atoms with Gasteiger partial charge >= 0.3 is 12.1 Å². The summed E-state index contributed by atoms with van der Waals surface area (Å²) in [4.78, 5) is 33.4. The number of benzene rings is 3. The normalized spacial score (nSPS) is 17.4. The van der Waals surface area contributed by atoms with Crippen LogP contribution in [0, 0.1) is 0 Å². The molecule has 1 aliphatic rings. The number of aromatic carboxylic acids is 1. The third-order valence-electron chi connectivity index (χ3n) is 7.87. The van der Waals surface area contributed by atoms with Crippen LogP contribution in [0.5, 0.6) is 0 Å². The van der Waals surface area contributed by atoms with Gasteiger partial charge in [0.1, 0.15) is 5.60 Å². The molecule has 3 heterocycles. The van der Waals surface area contributed by atoms with Crippen molar-refractivity contribution in [3.05, 3.63) is 84.8 Å². The molecule has 0 saturated carbocycles. The summed E-state index contributed by atoms with van der Waals surface area (Å²) in [6.45, 7) is 11.1. The number of carbonyl (C=O) groups is 2. The van der Waals surface area contributed by atoms with Crippen molar-refractivity contribution >= 4 is 34.2 Å². The minimum atomic E-state index is -0.955. The fourth-order valence-electron chi connectivity index (χ4n) is 6.08. The molecule has 6 rings (SSSR count). The molecule has 9 heteroatoms. The van der Waals surface area contributed by atoms with Gasteiger partial charge in [-0.15, -0.1) is 0 Å². The first kappa shape index (κ1) is 28.2. The number of hydrogen-bond donors (Lipinski definition) is 1. The Morgan fingerprint density at radius 3 is 2.21 bits per heavy atom. The molecule has 9 nitrogen and oxygen atoms in total. The zero-order valence-electron chi connectivity index (χ0n) is 25.0. The molecule has 1 aliphatic heterocycles. The number of nitrogens with zero attached hydrogens (tertiary/aromatic N) is 5. The van der Waals surface area contributed by atoms with E-state index in [4.69, 9.17) is 9.72 Å². The second kappa shape index (κ2) is 10.7. The number of carboxylic acid groups (broad SMARTS) is 1. The quantitative estimate of drug-likeness (QED) is 0.252. The number of aromatic nitrogens is 3. The van der Waals surface area contributed by atoms with Crippen molar-refractivity contribution < 1.29 is 19.4 Å². The maximum Gasteiger partial charge on any atom is 0.410 e. The van der Waals surface area contributed by atoms with E-state index >= 15 is 0 Å². The molecule has 1 saturated heterocycles. The van der Waals surface area contributed by atoms with E-state index < -0.39 is 11.6 Å². The molecule has 2 atom stereocenters. The Morgan fingerprint density at radius 2 is 1.53 bits per heavy atom. The van der Waals surface area contributed by atoms with Gasteiger partial charge in [0.25, 0.3) is 0 Å². The van der Waals surface area contributed by atoms with Gasteiger partial charge in [-0.2, -0.15) is 5.10 Å². The molecule has 1 amide bonds. The van der Waals surface area contributed by atoms with Gasteiger partial charge in [0, 0.05) is 54.4 Å². The molecule has 1 N–H and O–H groups in total. The van der Waals surface area contributed by atoms with Crippen LogP contribution in [-0.2, 0) is 4.74 Å². The molecule has 2 aromatic heterocycles. The molecule has 1 fully saturated rings. The SMILES string of the molecule is C[C@@H]1CN(C(=O)OC(C)(C)C)C[C@H](C)N1c1ccc(-c2cnc3c(-c4cccc5c(C(=O)O)cccc45)cnn3c2)cc1. The van der Waals surface area contributed by atoms with Crippen LogP contribution in [0.25, 0.3) is 38.7 Å². The van der Waals surface area contributed by atoms with Crippen molar-refractivity contribution in [3.63, 3.8) is 0 Å². The lowest BCUT2D eigenvalue weighted by Gasteiger charge is -2.45. The van der Waals surface area contributed by atoms with Crippen LogP contribution in [0.4, 0.5) is 10.5 Å². The smallest absolute Gasteiger partial charge is 0.410 e. The highest BCUT2D eigenvalue weighted by Crippen LogP contribution is 2.34. The molecule has 3 aromatic carbocycles. The highest BCUT2D eigenvalue weighted by atomic mass is 16.6. The van der Waals surface area contributed by atoms with Crippen molar-refractivity contribution in [2.24, 2.45) is 0 Å². The average Bonchev–Trinajstić information content (AvgIpc) is 3.38. The van der Waals surface area contributed by atoms with Crippen LogP contribution in [-0.4, -0.2) is 67.4 Å². The highest BCUT2D eigenvalue weighted by molar-refractivity contribution is 6.09. The summed E-state index contributed by atoms with van der Waals surface area (Å²) < 4.78 is 7.37. The number of rotatable bonds is 4. The first-order valence-electron chi connectivity index (χ1n) is 14.5. The Hall–Kier alpha value is -4.92. The van der Waals surface area contributed by atoms with Gasteiger partial charge in [-0.25, -0.2) is 19.1 Å². The maximum absolute atomic E-state index is 12.7. The Kier molecular flexibility index (Phi) is 7.04. The molecule has 0 aliphatic carbocycles. The maximum atomic E-state index is 12.7. The van der Waals surface area contributed by atoms with Gasteiger partial charge in [0.2, 0.25) is 0 Å². The number of amides is 1. The van der Waals surface area contributed by atoms with Crippen molar-refractivity contribution in [2.75, 3.05) is 18.0 Å². The van der Waals surface area contributed by atoms with Crippen LogP contribution in [0.2, 0.25) is 0 Å². The lowest BCUT2D eigenvalue weighted by Crippen LogP contribution is -2.58. The van der Waals surface area contributed by atoms with Crippen molar-refractivity contribution in [3.8, 4) is 22.3 Å². The summed E-state index contributed by atoms with van der Waals surface area (Å²) in [6.07, 6.45) is 5.31. The summed E-state index contributed by atoms with van der Waals surface area (Å²) in [5.41, 5.74) is 5.20. The summed E-state index contributed by atoms with van der Waals surface area (Å²) in [5.74, 6) is -0.955. The first-order chi connectivity index (χ1) is 20.5.